The molecule has 1 heterocycles. The van der Waals surface area contributed by atoms with E-state index in [4.69, 9.17) is 9.84 Å². The van der Waals surface area contributed by atoms with Gasteiger partial charge in [0, 0.05) is 6.42 Å². The maximum Gasteiger partial charge on any atom is 0.326 e. The monoisotopic (exact) mass is 235 g/mol. The second-order valence-electron chi connectivity index (χ2n) is 3.83. The summed E-state index contributed by atoms with van der Waals surface area (Å²) in [5, 5.41) is 9.09. The Hall–Kier alpha value is -2.04. The van der Waals surface area contributed by atoms with E-state index in [2.05, 4.69) is 0 Å². The normalized spacial score (nSPS) is 19.5. The Balaban J connectivity index is 2.43. The number of ether oxygens (including phenoxy) is 1. The van der Waals surface area contributed by atoms with Crippen molar-refractivity contribution in [3.8, 4) is 5.75 Å². The average molecular weight is 235 g/mol. The van der Waals surface area contributed by atoms with Crippen LogP contribution in [0.3, 0.4) is 0 Å². The molecule has 1 N–H and O–H groups in total. The molecular weight excluding hydrogens is 222 g/mol. The van der Waals surface area contributed by atoms with Gasteiger partial charge in [0.05, 0.1) is 12.8 Å². The Kier molecular flexibility index (Phi) is 2.99. The van der Waals surface area contributed by atoms with E-state index < -0.39 is 12.0 Å². The molecule has 1 aromatic carbocycles. The zero-order valence-corrected chi connectivity index (χ0v) is 9.42. The standard InChI is InChI=1S/C12H13NO4/c1-17-10-5-3-2-4-8(10)13-9(12(15)16)6-7-11(13)14/h2-5,9H,6-7H2,1H3,(H,15,16)/t9-/m0/s1. The van der Waals surface area contributed by atoms with Gasteiger partial charge in [-0.3, -0.25) is 9.69 Å². The van der Waals surface area contributed by atoms with Crippen molar-refractivity contribution in [2.45, 2.75) is 18.9 Å². The summed E-state index contributed by atoms with van der Waals surface area (Å²) in [6.45, 7) is 0. The number of hydrogen-bond acceptors (Lipinski definition) is 3. The van der Waals surface area contributed by atoms with Crippen LogP contribution < -0.4 is 9.64 Å². The number of benzene rings is 1. The summed E-state index contributed by atoms with van der Waals surface area (Å²) >= 11 is 0. The zero-order valence-electron chi connectivity index (χ0n) is 9.42. The van der Waals surface area contributed by atoms with E-state index in [0.717, 1.165) is 0 Å². The van der Waals surface area contributed by atoms with Crippen molar-refractivity contribution in [1.82, 2.24) is 0 Å². The first kappa shape index (κ1) is 11.4. The molecule has 2 rings (SSSR count). The Bertz CT molecular complexity index is 458. The van der Waals surface area contributed by atoms with Gasteiger partial charge in [-0.05, 0) is 18.6 Å². The lowest BCUT2D eigenvalue weighted by molar-refractivity contribution is -0.138. The summed E-state index contributed by atoms with van der Waals surface area (Å²) in [5.41, 5.74) is 0.518. The molecule has 5 heteroatoms. The third kappa shape index (κ3) is 1.95. The third-order valence-electron chi connectivity index (χ3n) is 2.84. The van der Waals surface area contributed by atoms with E-state index in [-0.39, 0.29) is 12.3 Å². The van der Waals surface area contributed by atoms with Gasteiger partial charge in [0.2, 0.25) is 5.91 Å². The molecule has 0 spiro atoms. The van der Waals surface area contributed by atoms with Crippen LogP contribution in [-0.2, 0) is 9.59 Å². The summed E-state index contributed by atoms with van der Waals surface area (Å²) in [4.78, 5) is 24.2. The van der Waals surface area contributed by atoms with Crippen molar-refractivity contribution in [3.05, 3.63) is 24.3 Å². The van der Waals surface area contributed by atoms with Crippen LogP contribution in [-0.4, -0.2) is 30.1 Å². The van der Waals surface area contributed by atoms with Crippen molar-refractivity contribution in [1.29, 1.82) is 0 Å². The minimum absolute atomic E-state index is 0.179. The summed E-state index contributed by atoms with van der Waals surface area (Å²) in [5.74, 6) is -0.655. The van der Waals surface area contributed by atoms with E-state index in [9.17, 15) is 9.59 Å². The molecule has 0 bridgehead atoms. The van der Waals surface area contributed by atoms with Crippen LogP contribution in [0.5, 0.6) is 5.75 Å². The maximum atomic E-state index is 11.8. The van der Waals surface area contributed by atoms with Gasteiger partial charge < -0.3 is 9.84 Å². The number of anilines is 1. The highest BCUT2D eigenvalue weighted by Crippen LogP contribution is 2.34. The molecule has 1 aliphatic heterocycles. The van der Waals surface area contributed by atoms with Crippen molar-refractivity contribution in [3.63, 3.8) is 0 Å². The van der Waals surface area contributed by atoms with Crippen molar-refractivity contribution in [2.75, 3.05) is 12.0 Å². The largest absolute Gasteiger partial charge is 0.495 e. The minimum atomic E-state index is -0.984. The number of rotatable bonds is 3. The summed E-state index contributed by atoms with van der Waals surface area (Å²) in [6.07, 6.45) is 0.598. The van der Waals surface area contributed by atoms with E-state index in [1.807, 2.05) is 0 Å². The SMILES string of the molecule is COc1ccccc1N1C(=O)CC[C@H]1C(=O)O. The molecule has 1 atom stereocenters. The number of carbonyl (C=O) groups excluding carboxylic acids is 1. The first-order valence-corrected chi connectivity index (χ1v) is 5.33. The first-order valence-electron chi connectivity index (χ1n) is 5.33. The van der Waals surface area contributed by atoms with E-state index >= 15 is 0 Å². The third-order valence-corrected chi connectivity index (χ3v) is 2.84. The van der Waals surface area contributed by atoms with E-state index in [0.29, 0.717) is 17.9 Å². The Morgan fingerprint density at radius 1 is 1.47 bits per heavy atom. The molecule has 0 aromatic heterocycles. The van der Waals surface area contributed by atoms with Gasteiger partial charge in [0.15, 0.2) is 0 Å². The number of carboxylic acid groups (broad SMARTS) is 1. The van der Waals surface area contributed by atoms with Gasteiger partial charge in [-0.1, -0.05) is 12.1 Å². The molecule has 5 nitrogen and oxygen atoms in total. The number of methoxy groups -OCH3 is 1. The average Bonchev–Trinajstić information content (AvgIpc) is 2.71. The second kappa shape index (κ2) is 4.45. The second-order valence-corrected chi connectivity index (χ2v) is 3.83. The Labute approximate surface area is 98.6 Å². The molecule has 0 unspecified atom stereocenters. The van der Waals surface area contributed by atoms with Crippen LogP contribution in [0.25, 0.3) is 0 Å². The summed E-state index contributed by atoms with van der Waals surface area (Å²) in [6, 6.07) is 6.14. The van der Waals surface area contributed by atoms with Crippen LogP contribution >= 0.6 is 0 Å². The topological polar surface area (TPSA) is 66.8 Å². The molecule has 1 aliphatic rings. The number of carbonyl (C=O) groups is 2. The molecule has 1 amide bonds. The number of carboxylic acids is 1. The Morgan fingerprint density at radius 2 is 2.18 bits per heavy atom. The fraction of sp³-hybridized carbons (Fsp3) is 0.333. The quantitative estimate of drug-likeness (QED) is 0.856. The summed E-state index contributed by atoms with van der Waals surface area (Å²) in [7, 11) is 1.50. The predicted molar refractivity (Wildman–Crippen MR) is 61.1 cm³/mol. The van der Waals surface area contributed by atoms with Crippen LogP contribution in [0.1, 0.15) is 12.8 Å². The van der Waals surface area contributed by atoms with Crippen molar-refractivity contribution in [2.24, 2.45) is 0 Å². The fourth-order valence-corrected chi connectivity index (χ4v) is 2.05. The molecule has 1 fully saturated rings. The van der Waals surface area contributed by atoms with Crippen LogP contribution in [0.2, 0.25) is 0 Å². The fourth-order valence-electron chi connectivity index (χ4n) is 2.05. The highest BCUT2D eigenvalue weighted by Gasteiger charge is 2.38. The highest BCUT2D eigenvalue weighted by molar-refractivity contribution is 6.03. The van der Waals surface area contributed by atoms with E-state index in [1.165, 1.54) is 12.0 Å². The highest BCUT2D eigenvalue weighted by atomic mass is 16.5. The molecule has 1 saturated heterocycles. The Morgan fingerprint density at radius 3 is 2.82 bits per heavy atom. The smallest absolute Gasteiger partial charge is 0.326 e. The molecular formula is C12H13NO4. The van der Waals surface area contributed by atoms with Gasteiger partial charge in [-0.25, -0.2) is 4.79 Å². The molecule has 17 heavy (non-hydrogen) atoms. The lowest BCUT2D eigenvalue weighted by atomic mass is 10.2. The number of nitrogens with zero attached hydrogens (tertiary/aromatic N) is 1. The van der Waals surface area contributed by atoms with Crippen LogP contribution in [0, 0.1) is 0 Å². The van der Waals surface area contributed by atoms with Crippen molar-refractivity contribution >= 4 is 17.6 Å². The van der Waals surface area contributed by atoms with E-state index in [1.54, 1.807) is 24.3 Å². The number of amides is 1. The first-order chi connectivity index (χ1) is 8.15. The zero-order chi connectivity index (χ0) is 12.4. The maximum absolute atomic E-state index is 11.8. The van der Waals surface area contributed by atoms with Gasteiger partial charge in [0.1, 0.15) is 11.8 Å². The lowest BCUT2D eigenvalue weighted by Crippen LogP contribution is -2.38. The van der Waals surface area contributed by atoms with Crippen LogP contribution in [0.15, 0.2) is 24.3 Å². The van der Waals surface area contributed by atoms with Gasteiger partial charge >= 0.3 is 5.97 Å². The van der Waals surface area contributed by atoms with Crippen molar-refractivity contribution < 1.29 is 19.4 Å². The molecule has 1 aromatic rings. The predicted octanol–water partition coefficient (Wildman–Crippen LogP) is 1.28. The molecule has 90 valence electrons. The molecule has 0 saturated carbocycles. The van der Waals surface area contributed by atoms with Gasteiger partial charge in [0.25, 0.3) is 0 Å². The van der Waals surface area contributed by atoms with Gasteiger partial charge in [-0.2, -0.15) is 0 Å². The number of para-hydroxylation sites is 2. The number of aliphatic carboxylic acids is 1. The molecule has 0 aliphatic carbocycles. The van der Waals surface area contributed by atoms with Gasteiger partial charge in [-0.15, -0.1) is 0 Å². The molecule has 0 radical (unpaired) electrons. The summed E-state index contributed by atoms with van der Waals surface area (Å²) < 4.78 is 5.15. The lowest BCUT2D eigenvalue weighted by Gasteiger charge is -2.23. The number of hydrogen-bond donors (Lipinski definition) is 1. The minimum Gasteiger partial charge on any atom is -0.495 e. The van der Waals surface area contributed by atoms with Crippen LogP contribution in [0.4, 0.5) is 5.69 Å².